The average molecular weight is 223 g/mol. The molecule has 5 nitrogen and oxygen atoms in total. The first kappa shape index (κ1) is 13.7. The number of aliphatic hydroxyl groups excluding tert-OH is 2. The minimum absolute atomic E-state index is 0.268. The molecule has 0 heterocycles. The van der Waals surface area contributed by atoms with Crippen molar-refractivity contribution in [1.29, 1.82) is 0 Å². The second kappa shape index (κ2) is 5.55. The molecule has 0 spiro atoms. The van der Waals surface area contributed by atoms with Gasteiger partial charge in [0.15, 0.2) is 0 Å². The monoisotopic (exact) mass is 223 g/mol. The Hall–Kier alpha value is -0.300. The van der Waals surface area contributed by atoms with E-state index in [0.29, 0.717) is 0 Å². The van der Waals surface area contributed by atoms with Gasteiger partial charge in [0, 0.05) is 10.5 Å². The van der Waals surface area contributed by atoms with E-state index in [2.05, 4.69) is 0 Å². The van der Waals surface area contributed by atoms with Crippen LogP contribution in [0.15, 0.2) is 0 Å². The van der Waals surface area contributed by atoms with Crippen LogP contribution in [0.25, 0.3) is 0 Å². The smallest absolute Gasteiger partial charge is 0.321 e. The molecule has 5 N–H and O–H groups in total. The maximum absolute atomic E-state index is 10.6. The quantitative estimate of drug-likeness (QED) is 0.473. The van der Waals surface area contributed by atoms with Crippen molar-refractivity contribution in [2.24, 2.45) is 5.73 Å². The Bertz CT molecular complexity index is 198. The van der Waals surface area contributed by atoms with E-state index in [1.807, 2.05) is 0 Å². The molecule has 0 radical (unpaired) electrons. The van der Waals surface area contributed by atoms with Crippen molar-refractivity contribution in [2.75, 3.05) is 12.4 Å². The van der Waals surface area contributed by atoms with Crippen molar-refractivity contribution in [3.05, 3.63) is 0 Å². The second-order valence-corrected chi connectivity index (χ2v) is 5.24. The number of carboxylic acids is 1. The molecule has 6 heteroatoms. The Labute approximate surface area is 87.3 Å². The third-order valence-corrected chi connectivity index (χ3v) is 3.42. The first-order valence-corrected chi connectivity index (χ1v) is 5.21. The fourth-order valence-electron chi connectivity index (χ4n) is 0.751. The minimum Gasteiger partial charge on any atom is -0.480 e. The molecular weight excluding hydrogens is 206 g/mol. The van der Waals surface area contributed by atoms with Crippen LogP contribution < -0.4 is 5.73 Å². The number of aliphatic carboxylic acids is 1. The Morgan fingerprint density at radius 3 is 2.43 bits per heavy atom. The van der Waals surface area contributed by atoms with Gasteiger partial charge in [0.1, 0.15) is 6.04 Å². The van der Waals surface area contributed by atoms with Crippen LogP contribution in [0.4, 0.5) is 0 Å². The fourth-order valence-corrected chi connectivity index (χ4v) is 1.76. The molecule has 0 aliphatic heterocycles. The summed E-state index contributed by atoms with van der Waals surface area (Å²) in [6, 6.07) is -0.988. The second-order valence-electron chi connectivity index (χ2n) is 3.57. The Morgan fingerprint density at radius 2 is 2.07 bits per heavy atom. The fraction of sp³-hybridized carbons (Fsp3) is 0.875. The lowest BCUT2D eigenvalue weighted by molar-refractivity contribution is -0.139. The maximum Gasteiger partial charge on any atom is 0.321 e. The Morgan fingerprint density at radius 1 is 1.57 bits per heavy atom. The van der Waals surface area contributed by atoms with Crippen LogP contribution in [-0.2, 0) is 4.79 Å². The molecule has 0 aliphatic carbocycles. The zero-order chi connectivity index (χ0) is 11.4. The highest BCUT2D eigenvalue weighted by Crippen LogP contribution is 2.27. The number of hydrogen-bond donors (Lipinski definition) is 4. The first-order valence-electron chi connectivity index (χ1n) is 4.22. The van der Waals surface area contributed by atoms with Gasteiger partial charge in [-0.05, 0) is 13.8 Å². The molecule has 14 heavy (non-hydrogen) atoms. The topological polar surface area (TPSA) is 104 Å². The van der Waals surface area contributed by atoms with Crippen LogP contribution in [-0.4, -0.2) is 50.5 Å². The molecule has 0 amide bonds. The highest BCUT2D eigenvalue weighted by Gasteiger charge is 2.32. The average Bonchev–Trinajstić information content (AvgIpc) is 2.12. The van der Waals surface area contributed by atoms with Crippen LogP contribution in [0.2, 0.25) is 0 Å². The minimum atomic E-state index is -1.07. The van der Waals surface area contributed by atoms with Gasteiger partial charge in [-0.25, -0.2) is 0 Å². The summed E-state index contributed by atoms with van der Waals surface area (Å²) in [6.45, 7) is 3.06. The van der Waals surface area contributed by atoms with Crippen LogP contribution in [0.1, 0.15) is 13.8 Å². The van der Waals surface area contributed by atoms with Gasteiger partial charge in [-0.1, -0.05) is 0 Å². The number of rotatable bonds is 6. The Kier molecular flexibility index (Phi) is 5.43. The van der Waals surface area contributed by atoms with E-state index in [1.54, 1.807) is 13.8 Å². The molecule has 0 aromatic heterocycles. The predicted octanol–water partition coefficient (Wildman–Crippen LogP) is -0.737. The van der Waals surface area contributed by atoms with E-state index in [-0.39, 0.29) is 12.4 Å². The highest BCUT2D eigenvalue weighted by molar-refractivity contribution is 8.00. The van der Waals surface area contributed by atoms with E-state index in [0.717, 1.165) is 0 Å². The van der Waals surface area contributed by atoms with Gasteiger partial charge in [0.25, 0.3) is 0 Å². The molecule has 0 rings (SSSR count). The van der Waals surface area contributed by atoms with Crippen molar-refractivity contribution >= 4 is 17.7 Å². The van der Waals surface area contributed by atoms with Crippen molar-refractivity contribution in [2.45, 2.75) is 30.7 Å². The molecule has 0 aromatic carbocycles. The van der Waals surface area contributed by atoms with Gasteiger partial charge in [0.2, 0.25) is 0 Å². The normalized spacial score (nSPS) is 16.4. The van der Waals surface area contributed by atoms with Gasteiger partial charge in [-0.15, -0.1) is 0 Å². The molecule has 0 bridgehead atoms. The largest absolute Gasteiger partial charge is 0.480 e. The molecule has 0 saturated carbocycles. The summed E-state index contributed by atoms with van der Waals surface area (Å²) >= 11 is 1.23. The van der Waals surface area contributed by atoms with Crippen molar-refractivity contribution in [1.82, 2.24) is 0 Å². The van der Waals surface area contributed by atoms with Gasteiger partial charge in [-0.2, -0.15) is 11.8 Å². The number of hydrogen-bond acceptors (Lipinski definition) is 5. The summed E-state index contributed by atoms with van der Waals surface area (Å²) in [6.07, 6.45) is -0.833. The third-order valence-electron chi connectivity index (χ3n) is 1.87. The molecule has 1 unspecified atom stereocenters. The van der Waals surface area contributed by atoms with Gasteiger partial charge < -0.3 is 21.1 Å². The standard InChI is InChI=1S/C8H17NO4S/c1-8(2,6(9)7(12)13)14-4-5(11)3-10/h5-6,10-11H,3-4,9H2,1-2H3,(H,12,13)/t5?,6-/m1/s1. The van der Waals surface area contributed by atoms with Crippen molar-refractivity contribution in [3.63, 3.8) is 0 Å². The molecule has 0 aromatic rings. The summed E-state index contributed by atoms with van der Waals surface area (Å²) in [5.41, 5.74) is 5.46. The third kappa shape index (κ3) is 4.28. The molecule has 0 aliphatic rings. The zero-order valence-electron chi connectivity index (χ0n) is 8.30. The number of carbonyl (C=O) groups is 1. The zero-order valence-corrected chi connectivity index (χ0v) is 9.12. The number of aliphatic hydroxyl groups is 2. The summed E-state index contributed by atoms with van der Waals surface area (Å²) in [7, 11) is 0. The lowest BCUT2D eigenvalue weighted by Crippen LogP contribution is -2.47. The van der Waals surface area contributed by atoms with Crippen molar-refractivity contribution < 1.29 is 20.1 Å². The summed E-state index contributed by atoms with van der Waals surface area (Å²) in [5, 5.41) is 26.3. The van der Waals surface area contributed by atoms with Crippen LogP contribution in [0, 0.1) is 0 Å². The number of carboxylic acid groups (broad SMARTS) is 1. The SMILES string of the molecule is CC(C)(SCC(O)CO)[C@H](N)C(=O)O. The van der Waals surface area contributed by atoms with Gasteiger partial charge >= 0.3 is 5.97 Å². The molecule has 2 atom stereocenters. The molecule has 0 saturated heterocycles. The van der Waals surface area contributed by atoms with Gasteiger partial charge in [-0.3, -0.25) is 4.79 Å². The first-order chi connectivity index (χ1) is 6.31. The summed E-state index contributed by atoms with van der Waals surface area (Å²) in [4.78, 5) is 10.6. The van der Waals surface area contributed by atoms with E-state index in [9.17, 15) is 4.79 Å². The lowest BCUT2D eigenvalue weighted by atomic mass is 10.1. The highest BCUT2D eigenvalue weighted by atomic mass is 32.2. The summed E-state index contributed by atoms with van der Waals surface area (Å²) in [5.74, 6) is -0.800. The van der Waals surface area contributed by atoms with E-state index in [4.69, 9.17) is 21.1 Å². The van der Waals surface area contributed by atoms with Crippen LogP contribution in [0.3, 0.4) is 0 Å². The maximum atomic E-state index is 10.6. The van der Waals surface area contributed by atoms with Crippen LogP contribution >= 0.6 is 11.8 Å². The number of nitrogens with two attached hydrogens (primary N) is 1. The summed E-state index contributed by atoms with van der Waals surface area (Å²) < 4.78 is -0.665. The van der Waals surface area contributed by atoms with Crippen LogP contribution in [0.5, 0.6) is 0 Å². The van der Waals surface area contributed by atoms with Gasteiger partial charge in [0.05, 0.1) is 12.7 Å². The predicted molar refractivity (Wildman–Crippen MR) is 55.2 cm³/mol. The number of thioether (sulfide) groups is 1. The molecule has 84 valence electrons. The van der Waals surface area contributed by atoms with E-state index in [1.165, 1.54) is 11.8 Å². The van der Waals surface area contributed by atoms with E-state index >= 15 is 0 Å². The van der Waals surface area contributed by atoms with E-state index < -0.39 is 22.9 Å². The molecular formula is C8H17NO4S. The lowest BCUT2D eigenvalue weighted by Gasteiger charge is -2.28. The van der Waals surface area contributed by atoms with Crippen molar-refractivity contribution in [3.8, 4) is 0 Å². The molecule has 0 fully saturated rings. The Balaban J connectivity index is 4.13.